The predicted molar refractivity (Wildman–Crippen MR) is 46.1 cm³/mol. The molecule has 0 aromatic heterocycles. The molecule has 1 N–H and O–H groups in total. The summed E-state index contributed by atoms with van der Waals surface area (Å²) in [6, 6.07) is -1.51. The fourth-order valence-electron chi connectivity index (χ4n) is 0.890. The molecule has 0 heterocycles. The summed E-state index contributed by atoms with van der Waals surface area (Å²) in [7, 11) is 0. The normalized spacial score (nSPS) is 16.8. The van der Waals surface area contributed by atoms with Crippen LogP contribution in [0.5, 0.6) is 0 Å². The van der Waals surface area contributed by atoms with Crippen LogP contribution in [0.15, 0.2) is 0 Å². The first-order valence-electron chi connectivity index (χ1n) is 3.69. The van der Waals surface area contributed by atoms with Crippen LogP contribution in [0.2, 0.25) is 0 Å². The second-order valence-corrected chi connectivity index (χ2v) is 2.93. The van der Waals surface area contributed by atoms with Crippen LogP contribution < -0.4 is 5.32 Å². The van der Waals surface area contributed by atoms with Gasteiger partial charge in [0.25, 0.3) is 0 Å². The number of thiocarbonyl (C=S) groups is 1. The molecule has 0 radical (unpaired) electrons. The van der Waals surface area contributed by atoms with Crippen LogP contribution in [-0.4, -0.2) is 17.7 Å². The maximum atomic E-state index is 12.2. The highest BCUT2D eigenvalue weighted by molar-refractivity contribution is 7.78. The van der Waals surface area contributed by atoms with Gasteiger partial charge in [-0.2, -0.15) is 13.2 Å². The fraction of sp³-hybridized carbons (Fsp3) is 0.857. The van der Waals surface area contributed by atoms with Crippen molar-refractivity contribution in [2.45, 2.75) is 32.5 Å². The second kappa shape index (κ2) is 4.64. The summed E-state index contributed by atoms with van der Waals surface area (Å²) in [6.45, 7) is 3.26. The average molecular weight is 199 g/mol. The number of nitrogens with one attached hydrogen (secondary N) is 1. The van der Waals surface area contributed by atoms with Crippen LogP contribution in [-0.2, 0) is 0 Å². The molecule has 0 rings (SSSR count). The third-order valence-electron chi connectivity index (χ3n) is 1.81. The highest BCUT2D eigenvalue weighted by Crippen LogP contribution is 2.26. The molecule has 72 valence electrons. The number of halogens is 3. The van der Waals surface area contributed by atoms with Gasteiger partial charge < -0.3 is 5.32 Å². The Morgan fingerprint density at radius 2 is 2.00 bits per heavy atom. The highest BCUT2D eigenvalue weighted by Gasteiger charge is 2.41. The molecule has 0 fully saturated rings. The molecule has 0 saturated carbocycles. The smallest absolute Gasteiger partial charge is 0.371 e. The SMILES string of the molecule is CC[C@@H](C)C(NC=S)C(F)(F)F. The van der Waals surface area contributed by atoms with Gasteiger partial charge in [-0.15, -0.1) is 0 Å². The zero-order valence-electron chi connectivity index (χ0n) is 6.98. The quantitative estimate of drug-likeness (QED) is 0.698. The third kappa shape index (κ3) is 3.38. The second-order valence-electron chi connectivity index (χ2n) is 2.69. The molecule has 0 spiro atoms. The molecule has 0 aliphatic rings. The van der Waals surface area contributed by atoms with E-state index in [1.165, 1.54) is 0 Å². The van der Waals surface area contributed by atoms with Crippen molar-refractivity contribution in [3.8, 4) is 0 Å². The maximum Gasteiger partial charge on any atom is 0.408 e. The standard InChI is InChI=1S/C7H12F3NS/c1-3-5(2)6(11-4-12)7(8,9)10/h4-6H,3H2,1-2H3,(H,11,12)/t5-,6?/m1/s1. The van der Waals surface area contributed by atoms with Gasteiger partial charge in [0.05, 0.1) is 5.49 Å². The summed E-state index contributed by atoms with van der Waals surface area (Å²) in [6.07, 6.45) is -3.74. The minimum absolute atomic E-state index is 0.454. The molecule has 0 bridgehead atoms. The monoisotopic (exact) mass is 199 g/mol. The van der Waals surface area contributed by atoms with E-state index in [1.807, 2.05) is 0 Å². The highest BCUT2D eigenvalue weighted by atomic mass is 32.1. The summed E-state index contributed by atoms with van der Waals surface area (Å²) in [5.74, 6) is -0.454. The topological polar surface area (TPSA) is 12.0 Å². The molecule has 0 aliphatic carbocycles. The molecule has 2 atom stereocenters. The van der Waals surface area contributed by atoms with E-state index in [-0.39, 0.29) is 0 Å². The Morgan fingerprint density at radius 3 is 2.25 bits per heavy atom. The van der Waals surface area contributed by atoms with Gasteiger partial charge in [-0.25, -0.2) is 0 Å². The van der Waals surface area contributed by atoms with E-state index in [0.29, 0.717) is 6.42 Å². The lowest BCUT2D eigenvalue weighted by Gasteiger charge is -2.25. The average Bonchev–Trinajstić information content (AvgIpc) is 1.96. The van der Waals surface area contributed by atoms with Gasteiger partial charge >= 0.3 is 6.18 Å². The number of rotatable bonds is 4. The molecule has 0 aromatic carbocycles. The molecule has 12 heavy (non-hydrogen) atoms. The van der Waals surface area contributed by atoms with Gasteiger partial charge in [0.1, 0.15) is 6.04 Å². The van der Waals surface area contributed by atoms with E-state index in [0.717, 1.165) is 5.49 Å². The van der Waals surface area contributed by atoms with Crippen molar-refractivity contribution in [3.63, 3.8) is 0 Å². The molecule has 5 heteroatoms. The number of hydrogen-bond acceptors (Lipinski definition) is 1. The lowest BCUT2D eigenvalue weighted by molar-refractivity contribution is -0.162. The zero-order valence-corrected chi connectivity index (χ0v) is 7.80. The molecule has 0 aromatic rings. The molecule has 0 saturated heterocycles. The predicted octanol–water partition coefficient (Wildman–Crippen LogP) is 2.51. The van der Waals surface area contributed by atoms with Crippen molar-refractivity contribution in [2.24, 2.45) is 5.92 Å². The Morgan fingerprint density at radius 1 is 1.50 bits per heavy atom. The van der Waals surface area contributed by atoms with Crippen molar-refractivity contribution in [2.75, 3.05) is 0 Å². The van der Waals surface area contributed by atoms with Gasteiger partial charge in [0, 0.05) is 0 Å². The van der Waals surface area contributed by atoms with Crippen molar-refractivity contribution in [3.05, 3.63) is 0 Å². The van der Waals surface area contributed by atoms with Crippen LogP contribution in [0.25, 0.3) is 0 Å². The Hall–Kier alpha value is -0.320. The molecular weight excluding hydrogens is 187 g/mol. The van der Waals surface area contributed by atoms with Crippen LogP contribution in [0, 0.1) is 5.92 Å². The first kappa shape index (κ1) is 11.7. The fourth-order valence-corrected chi connectivity index (χ4v) is 1.04. The minimum Gasteiger partial charge on any atom is -0.371 e. The number of hydrogen-bond donors (Lipinski definition) is 1. The van der Waals surface area contributed by atoms with Crippen molar-refractivity contribution in [1.29, 1.82) is 0 Å². The lowest BCUT2D eigenvalue weighted by Crippen LogP contribution is -2.45. The van der Waals surface area contributed by atoms with Crippen LogP contribution in [0.4, 0.5) is 13.2 Å². The molecule has 0 aliphatic heterocycles. The molecule has 1 nitrogen and oxygen atoms in total. The van der Waals surface area contributed by atoms with E-state index < -0.39 is 18.1 Å². The molecule has 0 amide bonds. The van der Waals surface area contributed by atoms with Gasteiger partial charge in [-0.1, -0.05) is 32.5 Å². The summed E-state index contributed by atoms with van der Waals surface area (Å²) in [5.41, 5.74) is 0.921. The van der Waals surface area contributed by atoms with Gasteiger partial charge in [0.15, 0.2) is 0 Å². The van der Waals surface area contributed by atoms with E-state index in [2.05, 4.69) is 17.5 Å². The number of alkyl halides is 3. The van der Waals surface area contributed by atoms with Crippen LogP contribution in [0.1, 0.15) is 20.3 Å². The summed E-state index contributed by atoms with van der Waals surface area (Å²) in [5, 5.41) is 2.14. The minimum atomic E-state index is -4.22. The summed E-state index contributed by atoms with van der Waals surface area (Å²) >= 11 is 4.33. The lowest BCUT2D eigenvalue weighted by atomic mass is 9.99. The van der Waals surface area contributed by atoms with E-state index >= 15 is 0 Å². The summed E-state index contributed by atoms with van der Waals surface area (Å²) in [4.78, 5) is 0. The molecule has 1 unspecified atom stereocenters. The van der Waals surface area contributed by atoms with Gasteiger partial charge in [0.2, 0.25) is 0 Å². The van der Waals surface area contributed by atoms with Gasteiger partial charge in [-0.3, -0.25) is 0 Å². The maximum absolute atomic E-state index is 12.2. The van der Waals surface area contributed by atoms with Gasteiger partial charge in [-0.05, 0) is 5.92 Å². The largest absolute Gasteiger partial charge is 0.408 e. The van der Waals surface area contributed by atoms with E-state index in [9.17, 15) is 13.2 Å². The Bertz CT molecular complexity index is 146. The van der Waals surface area contributed by atoms with E-state index in [1.54, 1.807) is 13.8 Å². The molecular formula is C7H12F3NS. The summed E-state index contributed by atoms with van der Waals surface area (Å²) < 4.78 is 36.6. The van der Waals surface area contributed by atoms with E-state index in [4.69, 9.17) is 0 Å². The van der Waals surface area contributed by atoms with Crippen molar-refractivity contribution >= 4 is 17.7 Å². The zero-order chi connectivity index (χ0) is 9.78. The Balaban J connectivity index is 4.31. The Kier molecular flexibility index (Phi) is 4.52. The van der Waals surface area contributed by atoms with Crippen molar-refractivity contribution < 1.29 is 13.2 Å². The van der Waals surface area contributed by atoms with Crippen molar-refractivity contribution in [1.82, 2.24) is 5.32 Å². The Labute approximate surface area is 75.3 Å². The first-order valence-corrected chi connectivity index (χ1v) is 4.17. The first-order chi connectivity index (χ1) is 5.43. The van der Waals surface area contributed by atoms with Crippen LogP contribution >= 0.6 is 12.2 Å². The third-order valence-corrected chi connectivity index (χ3v) is 1.95. The van der Waals surface area contributed by atoms with Crippen LogP contribution in [0.3, 0.4) is 0 Å².